The molecule has 0 saturated heterocycles. The van der Waals surface area contributed by atoms with Crippen molar-refractivity contribution in [3.05, 3.63) is 0 Å². The van der Waals surface area contributed by atoms with Crippen LogP contribution in [0.1, 0.15) is 20.3 Å². The second-order valence-electron chi connectivity index (χ2n) is 3.50. The van der Waals surface area contributed by atoms with Gasteiger partial charge in [-0.15, -0.1) is 0 Å². The number of aliphatic hydroxyl groups is 1. The van der Waals surface area contributed by atoms with Crippen LogP contribution in [0.5, 0.6) is 0 Å². The zero-order valence-corrected chi connectivity index (χ0v) is 9.09. The average Bonchev–Trinajstić information content (AvgIpc) is 2.15. The second kappa shape index (κ2) is 6.30. The molecule has 0 aliphatic carbocycles. The largest absolute Gasteiger partial charge is 0.401 e. The molecule has 0 aliphatic rings. The molecule has 0 amide bonds. The van der Waals surface area contributed by atoms with E-state index in [4.69, 9.17) is 10.8 Å². The average molecular weight is 228 g/mol. The summed E-state index contributed by atoms with van der Waals surface area (Å²) in [6, 6.07) is -1.06. The van der Waals surface area contributed by atoms with E-state index >= 15 is 0 Å². The second-order valence-corrected chi connectivity index (χ2v) is 3.50. The molecule has 2 atom stereocenters. The smallest absolute Gasteiger partial charge is 0.395 e. The van der Waals surface area contributed by atoms with Gasteiger partial charge in [-0.25, -0.2) is 0 Å². The first-order chi connectivity index (χ1) is 6.85. The number of nitrogens with two attached hydrogens (primary N) is 1. The molecule has 0 rings (SSSR count). The van der Waals surface area contributed by atoms with Crippen LogP contribution in [0.15, 0.2) is 0 Å². The van der Waals surface area contributed by atoms with Crippen molar-refractivity contribution in [3.8, 4) is 0 Å². The predicted octanol–water partition coefficient (Wildman–Crippen LogP) is 0.969. The lowest BCUT2D eigenvalue weighted by Crippen LogP contribution is -2.52. The van der Waals surface area contributed by atoms with Gasteiger partial charge >= 0.3 is 6.18 Å². The van der Waals surface area contributed by atoms with Crippen LogP contribution in [0.4, 0.5) is 13.2 Å². The van der Waals surface area contributed by atoms with Crippen LogP contribution in [-0.4, -0.2) is 48.0 Å². The fraction of sp³-hybridized carbons (Fsp3) is 1.00. The minimum atomic E-state index is -4.25. The number of halogens is 3. The molecule has 3 N–H and O–H groups in total. The maximum Gasteiger partial charge on any atom is 0.401 e. The first kappa shape index (κ1) is 14.7. The first-order valence-electron chi connectivity index (χ1n) is 5.02. The van der Waals surface area contributed by atoms with Gasteiger partial charge in [-0.2, -0.15) is 13.2 Å². The van der Waals surface area contributed by atoms with E-state index in [0.29, 0.717) is 6.42 Å². The lowest BCUT2D eigenvalue weighted by atomic mass is 10.1. The molecule has 0 spiro atoms. The number of hydrogen-bond acceptors (Lipinski definition) is 3. The van der Waals surface area contributed by atoms with Gasteiger partial charge in [0.15, 0.2) is 0 Å². The van der Waals surface area contributed by atoms with Crippen LogP contribution in [0.3, 0.4) is 0 Å². The molecule has 6 heteroatoms. The number of hydrogen-bond donors (Lipinski definition) is 2. The molecule has 0 fully saturated rings. The Hall–Kier alpha value is -0.330. The Bertz CT molecular complexity index is 175. The van der Waals surface area contributed by atoms with Crippen molar-refractivity contribution in [2.75, 3.05) is 19.7 Å². The highest BCUT2D eigenvalue weighted by Gasteiger charge is 2.34. The van der Waals surface area contributed by atoms with E-state index < -0.39 is 24.8 Å². The lowest BCUT2D eigenvalue weighted by Gasteiger charge is -2.33. The number of likely N-dealkylation sites (N-methyl/N-ethyl adjacent to an activating group) is 1. The number of rotatable bonds is 6. The molecular weight excluding hydrogens is 209 g/mol. The van der Waals surface area contributed by atoms with E-state index in [2.05, 4.69) is 0 Å². The SMILES string of the molecule is CCC(N)C(CO)N(CC)CC(F)(F)F. The van der Waals surface area contributed by atoms with Crippen molar-refractivity contribution < 1.29 is 18.3 Å². The fourth-order valence-electron chi connectivity index (χ4n) is 1.49. The number of alkyl halides is 3. The number of nitrogens with zero attached hydrogens (tertiary/aromatic N) is 1. The summed E-state index contributed by atoms with van der Waals surface area (Å²) in [4.78, 5) is 1.16. The summed E-state index contributed by atoms with van der Waals surface area (Å²) in [6.45, 7) is 2.26. The van der Waals surface area contributed by atoms with Gasteiger partial charge in [-0.1, -0.05) is 13.8 Å². The van der Waals surface area contributed by atoms with Crippen LogP contribution < -0.4 is 5.73 Å². The Labute approximate surface area is 88.0 Å². The zero-order valence-electron chi connectivity index (χ0n) is 9.09. The van der Waals surface area contributed by atoms with E-state index in [0.717, 1.165) is 4.90 Å². The Balaban J connectivity index is 4.47. The molecule has 0 aliphatic heterocycles. The third-order valence-electron chi connectivity index (χ3n) is 2.41. The van der Waals surface area contributed by atoms with E-state index in [1.54, 1.807) is 13.8 Å². The van der Waals surface area contributed by atoms with Crippen molar-refractivity contribution in [3.63, 3.8) is 0 Å². The number of aliphatic hydroxyl groups excluding tert-OH is 1. The summed E-state index contributed by atoms with van der Waals surface area (Å²) in [7, 11) is 0. The van der Waals surface area contributed by atoms with Gasteiger partial charge in [0.05, 0.1) is 13.2 Å². The Morgan fingerprint density at radius 2 is 1.87 bits per heavy atom. The van der Waals surface area contributed by atoms with Crippen molar-refractivity contribution in [2.45, 2.75) is 38.5 Å². The Morgan fingerprint density at radius 1 is 1.33 bits per heavy atom. The topological polar surface area (TPSA) is 49.5 Å². The quantitative estimate of drug-likeness (QED) is 0.712. The van der Waals surface area contributed by atoms with E-state index in [1.165, 1.54) is 0 Å². The third kappa shape index (κ3) is 5.34. The summed E-state index contributed by atoms with van der Waals surface area (Å²) >= 11 is 0. The normalized spacial score (nSPS) is 16.8. The molecule has 92 valence electrons. The van der Waals surface area contributed by atoms with Crippen LogP contribution >= 0.6 is 0 Å². The van der Waals surface area contributed by atoms with Gasteiger partial charge in [0.2, 0.25) is 0 Å². The first-order valence-corrected chi connectivity index (χ1v) is 5.02. The highest BCUT2D eigenvalue weighted by molar-refractivity contribution is 4.81. The van der Waals surface area contributed by atoms with Crippen molar-refractivity contribution in [2.24, 2.45) is 5.73 Å². The van der Waals surface area contributed by atoms with Gasteiger partial charge in [0, 0.05) is 12.1 Å². The van der Waals surface area contributed by atoms with Gasteiger partial charge in [-0.05, 0) is 13.0 Å². The molecule has 0 aromatic rings. The van der Waals surface area contributed by atoms with Gasteiger partial charge in [-0.3, -0.25) is 4.90 Å². The van der Waals surface area contributed by atoms with Gasteiger partial charge < -0.3 is 10.8 Å². The molecule has 2 unspecified atom stereocenters. The summed E-state index contributed by atoms with van der Waals surface area (Å²) in [5.41, 5.74) is 5.65. The van der Waals surface area contributed by atoms with Crippen molar-refractivity contribution in [1.82, 2.24) is 4.90 Å². The summed E-state index contributed by atoms with van der Waals surface area (Å²) in [5.74, 6) is 0. The summed E-state index contributed by atoms with van der Waals surface area (Å²) in [5, 5.41) is 9.04. The van der Waals surface area contributed by atoms with Gasteiger partial charge in [0.1, 0.15) is 0 Å². The summed E-state index contributed by atoms with van der Waals surface area (Å²) in [6.07, 6.45) is -3.71. The van der Waals surface area contributed by atoms with Gasteiger partial charge in [0.25, 0.3) is 0 Å². The third-order valence-corrected chi connectivity index (χ3v) is 2.41. The molecule has 0 aromatic carbocycles. The van der Waals surface area contributed by atoms with Crippen LogP contribution in [0.25, 0.3) is 0 Å². The minimum Gasteiger partial charge on any atom is -0.395 e. The maximum absolute atomic E-state index is 12.2. The van der Waals surface area contributed by atoms with Crippen molar-refractivity contribution >= 4 is 0 Å². The monoisotopic (exact) mass is 228 g/mol. The molecule has 0 aromatic heterocycles. The molecule has 0 bridgehead atoms. The standard InChI is InChI=1S/C9H19F3N2O/c1-3-7(13)8(5-15)14(4-2)6-9(10,11)12/h7-8,15H,3-6,13H2,1-2H3. The molecule has 3 nitrogen and oxygen atoms in total. The van der Waals surface area contributed by atoms with E-state index in [-0.39, 0.29) is 13.2 Å². The summed E-state index contributed by atoms with van der Waals surface area (Å²) < 4.78 is 36.6. The highest BCUT2D eigenvalue weighted by Crippen LogP contribution is 2.18. The molecular formula is C9H19F3N2O. The van der Waals surface area contributed by atoms with E-state index in [9.17, 15) is 13.2 Å². The molecule has 0 heterocycles. The minimum absolute atomic E-state index is 0.221. The molecule has 0 radical (unpaired) electrons. The van der Waals surface area contributed by atoms with Crippen LogP contribution in [0, 0.1) is 0 Å². The fourth-order valence-corrected chi connectivity index (χ4v) is 1.49. The Morgan fingerprint density at radius 3 is 2.13 bits per heavy atom. The molecule has 0 saturated carbocycles. The van der Waals surface area contributed by atoms with Crippen LogP contribution in [-0.2, 0) is 0 Å². The van der Waals surface area contributed by atoms with Crippen LogP contribution in [0.2, 0.25) is 0 Å². The van der Waals surface area contributed by atoms with Crippen molar-refractivity contribution in [1.29, 1.82) is 0 Å². The molecule has 15 heavy (non-hydrogen) atoms. The Kier molecular flexibility index (Phi) is 6.16. The van der Waals surface area contributed by atoms with E-state index in [1.807, 2.05) is 0 Å². The highest BCUT2D eigenvalue weighted by atomic mass is 19.4. The maximum atomic E-state index is 12.2. The lowest BCUT2D eigenvalue weighted by molar-refractivity contribution is -0.153. The zero-order chi connectivity index (χ0) is 12.1. The predicted molar refractivity (Wildman–Crippen MR) is 52.4 cm³/mol.